The van der Waals surface area contributed by atoms with Gasteiger partial charge in [0.2, 0.25) is 0 Å². The van der Waals surface area contributed by atoms with Crippen LogP contribution in [0, 0.1) is 0 Å². The molecule has 4 heteroatoms. The van der Waals surface area contributed by atoms with E-state index in [0.717, 1.165) is 17.7 Å². The second-order valence-electron chi connectivity index (χ2n) is 4.32. The third-order valence-electron chi connectivity index (χ3n) is 3.00. The summed E-state index contributed by atoms with van der Waals surface area (Å²) in [6, 6.07) is 5.56. The van der Waals surface area contributed by atoms with Gasteiger partial charge in [-0.05, 0) is 30.5 Å². The first-order valence-corrected chi connectivity index (χ1v) is 6.04. The molecule has 2 unspecified atom stereocenters. The van der Waals surface area contributed by atoms with Crippen LogP contribution < -0.4 is 15.2 Å². The molecular weight excluding hydrogens is 218 g/mol. The van der Waals surface area contributed by atoms with Gasteiger partial charge in [-0.2, -0.15) is 0 Å². The van der Waals surface area contributed by atoms with E-state index < -0.39 is 6.10 Å². The van der Waals surface area contributed by atoms with E-state index >= 15 is 0 Å². The van der Waals surface area contributed by atoms with E-state index in [1.54, 1.807) is 0 Å². The number of ether oxygens (including phenoxy) is 2. The van der Waals surface area contributed by atoms with Crippen molar-refractivity contribution in [2.75, 3.05) is 13.2 Å². The molecule has 17 heavy (non-hydrogen) atoms. The maximum absolute atomic E-state index is 10.0. The van der Waals surface area contributed by atoms with Crippen molar-refractivity contribution in [1.29, 1.82) is 0 Å². The number of aliphatic hydroxyl groups excluding tert-OH is 1. The van der Waals surface area contributed by atoms with Crippen LogP contribution in [0.4, 0.5) is 0 Å². The monoisotopic (exact) mass is 237 g/mol. The molecule has 1 heterocycles. The Morgan fingerprint density at radius 1 is 1.29 bits per heavy atom. The van der Waals surface area contributed by atoms with Crippen LogP contribution in [0.15, 0.2) is 18.2 Å². The van der Waals surface area contributed by atoms with Crippen LogP contribution in [0.5, 0.6) is 11.5 Å². The number of rotatable bonds is 4. The second-order valence-corrected chi connectivity index (χ2v) is 4.32. The second kappa shape index (κ2) is 5.38. The fraction of sp³-hybridized carbons (Fsp3) is 0.538. The van der Waals surface area contributed by atoms with Gasteiger partial charge in [0.15, 0.2) is 11.5 Å². The zero-order valence-electron chi connectivity index (χ0n) is 10.1. The SMILES string of the molecule is CCC(N)CC(O)c1ccc2c(c1)OCCO2. The Labute approximate surface area is 101 Å². The quantitative estimate of drug-likeness (QED) is 0.835. The van der Waals surface area contributed by atoms with E-state index in [1.807, 2.05) is 25.1 Å². The summed E-state index contributed by atoms with van der Waals surface area (Å²) in [5, 5.41) is 10.0. The fourth-order valence-corrected chi connectivity index (χ4v) is 1.86. The number of hydrogen-bond acceptors (Lipinski definition) is 4. The Morgan fingerprint density at radius 3 is 2.71 bits per heavy atom. The van der Waals surface area contributed by atoms with Crippen LogP contribution in [0.2, 0.25) is 0 Å². The van der Waals surface area contributed by atoms with Crippen LogP contribution in [0.25, 0.3) is 0 Å². The zero-order valence-corrected chi connectivity index (χ0v) is 10.1. The van der Waals surface area contributed by atoms with Gasteiger partial charge in [-0.1, -0.05) is 13.0 Å². The van der Waals surface area contributed by atoms with Gasteiger partial charge >= 0.3 is 0 Å². The van der Waals surface area contributed by atoms with Crippen molar-refractivity contribution in [3.8, 4) is 11.5 Å². The van der Waals surface area contributed by atoms with Gasteiger partial charge in [0.25, 0.3) is 0 Å². The molecule has 0 saturated heterocycles. The highest BCUT2D eigenvalue weighted by Gasteiger charge is 2.16. The molecule has 2 rings (SSSR count). The fourth-order valence-electron chi connectivity index (χ4n) is 1.86. The summed E-state index contributed by atoms with van der Waals surface area (Å²) in [7, 11) is 0. The Balaban J connectivity index is 2.10. The molecule has 0 aromatic heterocycles. The standard InChI is InChI=1S/C13H19NO3/c1-2-10(14)8-11(15)9-3-4-12-13(7-9)17-6-5-16-12/h3-4,7,10-11,15H,2,5-6,8,14H2,1H3. The van der Waals surface area contributed by atoms with Gasteiger partial charge in [-0.3, -0.25) is 0 Å². The van der Waals surface area contributed by atoms with E-state index in [2.05, 4.69) is 0 Å². The summed E-state index contributed by atoms with van der Waals surface area (Å²) >= 11 is 0. The first-order chi connectivity index (χ1) is 8.20. The van der Waals surface area contributed by atoms with Crippen molar-refractivity contribution in [3.63, 3.8) is 0 Å². The Morgan fingerprint density at radius 2 is 2.00 bits per heavy atom. The van der Waals surface area contributed by atoms with Crippen LogP contribution in [-0.2, 0) is 0 Å². The molecule has 94 valence electrons. The lowest BCUT2D eigenvalue weighted by Gasteiger charge is -2.21. The summed E-state index contributed by atoms with van der Waals surface area (Å²) in [5.74, 6) is 1.45. The Hall–Kier alpha value is -1.26. The molecule has 0 bridgehead atoms. The van der Waals surface area contributed by atoms with Crippen molar-refractivity contribution in [3.05, 3.63) is 23.8 Å². The first kappa shape index (κ1) is 12.2. The third kappa shape index (κ3) is 2.90. The number of hydrogen-bond donors (Lipinski definition) is 2. The smallest absolute Gasteiger partial charge is 0.161 e. The van der Waals surface area contributed by atoms with Crippen molar-refractivity contribution >= 4 is 0 Å². The maximum Gasteiger partial charge on any atom is 0.161 e. The molecule has 0 amide bonds. The number of fused-ring (bicyclic) bond motifs is 1. The summed E-state index contributed by atoms with van der Waals surface area (Å²) in [4.78, 5) is 0. The summed E-state index contributed by atoms with van der Waals surface area (Å²) in [6.07, 6.45) is 0.887. The van der Waals surface area contributed by atoms with E-state index in [4.69, 9.17) is 15.2 Å². The lowest BCUT2D eigenvalue weighted by atomic mass is 10.0. The molecular formula is C13H19NO3. The molecule has 1 aliphatic heterocycles. The topological polar surface area (TPSA) is 64.7 Å². The lowest BCUT2D eigenvalue weighted by Crippen LogP contribution is -2.22. The summed E-state index contributed by atoms with van der Waals surface area (Å²) in [5.41, 5.74) is 6.66. The zero-order chi connectivity index (χ0) is 12.3. The molecule has 0 spiro atoms. The van der Waals surface area contributed by atoms with E-state index in [1.165, 1.54) is 0 Å². The molecule has 3 N–H and O–H groups in total. The predicted molar refractivity (Wildman–Crippen MR) is 65.3 cm³/mol. The molecule has 2 atom stereocenters. The molecule has 4 nitrogen and oxygen atoms in total. The van der Waals surface area contributed by atoms with E-state index in [0.29, 0.717) is 25.4 Å². The van der Waals surface area contributed by atoms with Crippen molar-refractivity contribution in [2.24, 2.45) is 5.73 Å². The van der Waals surface area contributed by atoms with Crippen molar-refractivity contribution in [2.45, 2.75) is 31.9 Å². The summed E-state index contributed by atoms with van der Waals surface area (Å²) in [6.45, 7) is 3.15. The molecule has 1 aliphatic rings. The minimum absolute atomic E-state index is 0.0261. The van der Waals surface area contributed by atoms with E-state index in [9.17, 15) is 5.11 Å². The predicted octanol–water partition coefficient (Wildman–Crippen LogP) is 1.62. The Bertz CT molecular complexity index is 381. The van der Waals surface area contributed by atoms with Crippen molar-refractivity contribution in [1.82, 2.24) is 0 Å². The van der Waals surface area contributed by atoms with Crippen LogP contribution in [0.1, 0.15) is 31.4 Å². The molecule has 0 saturated carbocycles. The average Bonchev–Trinajstić information content (AvgIpc) is 2.38. The van der Waals surface area contributed by atoms with Crippen molar-refractivity contribution < 1.29 is 14.6 Å². The molecule has 1 aromatic carbocycles. The molecule has 1 aromatic rings. The van der Waals surface area contributed by atoms with Gasteiger partial charge in [-0.15, -0.1) is 0 Å². The minimum Gasteiger partial charge on any atom is -0.486 e. The largest absolute Gasteiger partial charge is 0.486 e. The third-order valence-corrected chi connectivity index (χ3v) is 3.00. The summed E-state index contributed by atoms with van der Waals surface area (Å²) < 4.78 is 10.9. The highest BCUT2D eigenvalue weighted by Crippen LogP contribution is 2.33. The maximum atomic E-state index is 10.0. The Kier molecular flexibility index (Phi) is 3.86. The van der Waals surface area contributed by atoms with Gasteiger partial charge in [0.1, 0.15) is 13.2 Å². The van der Waals surface area contributed by atoms with Crippen LogP contribution >= 0.6 is 0 Å². The van der Waals surface area contributed by atoms with E-state index in [-0.39, 0.29) is 6.04 Å². The average molecular weight is 237 g/mol. The molecule has 0 radical (unpaired) electrons. The highest BCUT2D eigenvalue weighted by atomic mass is 16.6. The number of nitrogens with two attached hydrogens (primary N) is 1. The first-order valence-electron chi connectivity index (χ1n) is 6.04. The number of benzene rings is 1. The van der Waals surface area contributed by atoms with Gasteiger partial charge in [0, 0.05) is 6.04 Å². The van der Waals surface area contributed by atoms with Gasteiger partial charge < -0.3 is 20.3 Å². The van der Waals surface area contributed by atoms with Gasteiger partial charge in [0.05, 0.1) is 6.10 Å². The van der Waals surface area contributed by atoms with Gasteiger partial charge in [-0.25, -0.2) is 0 Å². The lowest BCUT2D eigenvalue weighted by molar-refractivity contribution is 0.152. The highest BCUT2D eigenvalue weighted by molar-refractivity contribution is 5.44. The normalized spacial score (nSPS) is 17.6. The van der Waals surface area contributed by atoms with Crippen LogP contribution in [-0.4, -0.2) is 24.4 Å². The molecule has 0 fully saturated rings. The number of aliphatic hydroxyl groups is 1. The minimum atomic E-state index is -0.541. The van der Waals surface area contributed by atoms with Crippen LogP contribution in [0.3, 0.4) is 0 Å². The molecule has 0 aliphatic carbocycles.